The molecule has 0 amide bonds. The maximum absolute atomic E-state index is 11.2. The Hall–Kier alpha value is -0.590. The van der Waals surface area contributed by atoms with E-state index in [1.807, 2.05) is 6.08 Å². The molecule has 1 nitrogen and oxygen atoms in total. The zero-order valence-corrected chi connectivity index (χ0v) is 8.47. The highest BCUT2D eigenvalue weighted by atomic mass is 16.1. The van der Waals surface area contributed by atoms with E-state index in [0.29, 0.717) is 11.7 Å². The molecule has 0 rings (SSSR count). The molecule has 0 saturated carbocycles. The van der Waals surface area contributed by atoms with Crippen molar-refractivity contribution in [2.75, 3.05) is 0 Å². The summed E-state index contributed by atoms with van der Waals surface area (Å²) in [6, 6.07) is 0. The lowest BCUT2D eigenvalue weighted by Crippen LogP contribution is -2.19. The Morgan fingerprint density at radius 1 is 1.50 bits per heavy atom. The van der Waals surface area contributed by atoms with E-state index >= 15 is 0 Å². The minimum Gasteiger partial charge on any atom is -0.300 e. The topological polar surface area (TPSA) is 17.1 Å². The summed E-state index contributed by atoms with van der Waals surface area (Å²) in [4.78, 5) is 11.2. The maximum atomic E-state index is 11.2. The number of hydrogen-bond donors (Lipinski definition) is 0. The van der Waals surface area contributed by atoms with Gasteiger partial charge >= 0.3 is 0 Å². The van der Waals surface area contributed by atoms with Crippen molar-refractivity contribution >= 4 is 5.78 Å². The average Bonchev–Trinajstić information content (AvgIpc) is 2.03. The predicted octanol–water partition coefficient (Wildman–Crippen LogP) is 3.20. The van der Waals surface area contributed by atoms with Crippen LogP contribution in [-0.2, 0) is 4.79 Å². The first-order valence-electron chi connectivity index (χ1n) is 4.80. The fraction of sp³-hybridized carbons (Fsp3) is 0.727. The highest BCUT2D eigenvalue weighted by molar-refractivity contribution is 5.78. The van der Waals surface area contributed by atoms with E-state index in [2.05, 4.69) is 20.4 Å². The van der Waals surface area contributed by atoms with E-state index in [-0.39, 0.29) is 5.92 Å². The molecule has 12 heavy (non-hydrogen) atoms. The molecule has 0 N–H and O–H groups in total. The first kappa shape index (κ1) is 11.4. The van der Waals surface area contributed by atoms with Crippen LogP contribution in [0.4, 0.5) is 0 Å². The first-order chi connectivity index (χ1) is 5.67. The lowest BCUT2D eigenvalue weighted by Gasteiger charge is -2.19. The second-order valence-corrected chi connectivity index (χ2v) is 3.31. The Morgan fingerprint density at radius 2 is 2.08 bits per heavy atom. The monoisotopic (exact) mass is 168 g/mol. The molecule has 1 heteroatoms. The summed E-state index contributed by atoms with van der Waals surface area (Å²) >= 11 is 0. The van der Waals surface area contributed by atoms with Gasteiger partial charge in [0.1, 0.15) is 5.78 Å². The lowest BCUT2D eigenvalue weighted by molar-refractivity contribution is -0.122. The molecule has 0 aliphatic heterocycles. The van der Waals surface area contributed by atoms with Crippen LogP contribution in [0.1, 0.15) is 40.0 Å². The summed E-state index contributed by atoms with van der Waals surface area (Å²) in [5.74, 6) is 0.885. The van der Waals surface area contributed by atoms with Gasteiger partial charge in [-0.15, -0.1) is 6.58 Å². The average molecular weight is 168 g/mol. The second-order valence-electron chi connectivity index (χ2n) is 3.31. The van der Waals surface area contributed by atoms with Crippen molar-refractivity contribution in [2.24, 2.45) is 11.8 Å². The molecule has 0 bridgehead atoms. The van der Waals surface area contributed by atoms with Crippen molar-refractivity contribution in [1.29, 1.82) is 0 Å². The Labute approximate surface area is 75.9 Å². The molecule has 2 atom stereocenters. The first-order valence-corrected chi connectivity index (χ1v) is 4.80. The Morgan fingerprint density at radius 3 is 2.33 bits per heavy atom. The van der Waals surface area contributed by atoms with E-state index in [1.165, 1.54) is 0 Å². The summed E-state index contributed by atoms with van der Waals surface area (Å²) in [6.45, 7) is 9.67. The zero-order valence-electron chi connectivity index (χ0n) is 8.47. The third-order valence-electron chi connectivity index (χ3n) is 2.40. The van der Waals surface area contributed by atoms with Gasteiger partial charge in [0.15, 0.2) is 0 Å². The van der Waals surface area contributed by atoms with Crippen molar-refractivity contribution in [3.8, 4) is 0 Å². The van der Waals surface area contributed by atoms with Gasteiger partial charge in [-0.1, -0.05) is 26.3 Å². The number of ketones is 1. The summed E-state index contributed by atoms with van der Waals surface area (Å²) in [5, 5.41) is 0. The van der Waals surface area contributed by atoms with Gasteiger partial charge in [-0.25, -0.2) is 0 Å². The number of hydrogen-bond acceptors (Lipinski definition) is 1. The Kier molecular flexibility index (Phi) is 5.69. The van der Waals surface area contributed by atoms with Gasteiger partial charge in [-0.2, -0.15) is 0 Å². The maximum Gasteiger partial charge on any atom is 0.133 e. The third kappa shape index (κ3) is 3.21. The number of Topliss-reactive ketones (excluding diaryl/α,β-unsaturated/α-hetero) is 1. The van der Waals surface area contributed by atoms with Crippen LogP contribution in [0.5, 0.6) is 0 Å². The number of carbonyl (C=O) groups is 1. The smallest absolute Gasteiger partial charge is 0.133 e. The zero-order chi connectivity index (χ0) is 9.56. The standard InChI is InChI=1S/C11H20O/c1-5-8-10(6-2)11(7-3)9(4)12/h6,10-11H,2,5,7-8H2,1,3-4H3. The fourth-order valence-corrected chi connectivity index (χ4v) is 1.71. The second kappa shape index (κ2) is 5.99. The van der Waals surface area contributed by atoms with Gasteiger partial charge in [0, 0.05) is 5.92 Å². The molecule has 0 fully saturated rings. The van der Waals surface area contributed by atoms with Crippen LogP contribution in [0.2, 0.25) is 0 Å². The molecule has 0 saturated heterocycles. The van der Waals surface area contributed by atoms with Gasteiger partial charge < -0.3 is 0 Å². The minimum absolute atomic E-state index is 0.197. The Bertz CT molecular complexity index is 149. The highest BCUT2D eigenvalue weighted by Crippen LogP contribution is 2.22. The van der Waals surface area contributed by atoms with Crippen LogP contribution in [-0.4, -0.2) is 5.78 Å². The molecule has 0 aliphatic carbocycles. The van der Waals surface area contributed by atoms with Crippen molar-refractivity contribution in [3.05, 3.63) is 12.7 Å². The van der Waals surface area contributed by atoms with Crippen LogP contribution in [0.15, 0.2) is 12.7 Å². The van der Waals surface area contributed by atoms with Crippen LogP contribution < -0.4 is 0 Å². The molecule has 0 heterocycles. The molecule has 2 unspecified atom stereocenters. The minimum atomic E-state index is 0.197. The predicted molar refractivity (Wildman–Crippen MR) is 53.1 cm³/mol. The normalized spacial score (nSPS) is 15.2. The molecule has 70 valence electrons. The lowest BCUT2D eigenvalue weighted by atomic mass is 9.84. The molecule has 0 aromatic heterocycles. The molecule has 0 aliphatic rings. The van der Waals surface area contributed by atoms with Gasteiger partial charge in [-0.3, -0.25) is 4.79 Å². The van der Waals surface area contributed by atoms with E-state index in [4.69, 9.17) is 0 Å². The van der Waals surface area contributed by atoms with Crippen LogP contribution in [0.25, 0.3) is 0 Å². The van der Waals surface area contributed by atoms with Gasteiger partial charge in [0.2, 0.25) is 0 Å². The summed E-state index contributed by atoms with van der Waals surface area (Å²) < 4.78 is 0. The summed E-state index contributed by atoms with van der Waals surface area (Å²) in [6.07, 6.45) is 5.08. The number of allylic oxidation sites excluding steroid dienone is 1. The van der Waals surface area contributed by atoms with Crippen molar-refractivity contribution in [1.82, 2.24) is 0 Å². The molecular formula is C11H20O. The molecule has 0 aromatic rings. The molecule has 0 aromatic carbocycles. The SMILES string of the molecule is C=CC(CCC)C(CC)C(C)=O. The van der Waals surface area contributed by atoms with Gasteiger partial charge in [0.05, 0.1) is 0 Å². The van der Waals surface area contributed by atoms with E-state index in [1.54, 1.807) is 6.92 Å². The molecular weight excluding hydrogens is 148 g/mol. The van der Waals surface area contributed by atoms with Crippen molar-refractivity contribution < 1.29 is 4.79 Å². The van der Waals surface area contributed by atoms with Crippen molar-refractivity contribution in [3.63, 3.8) is 0 Å². The highest BCUT2D eigenvalue weighted by Gasteiger charge is 2.19. The van der Waals surface area contributed by atoms with Gasteiger partial charge in [-0.05, 0) is 25.7 Å². The Balaban J connectivity index is 4.22. The third-order valence-corrected chi connectivity index (χ3v) is 2.40. The summed E-state index contributed by atoms with van der Waals surface area (Å²) in [5.41, 5.74) is 0. The van der Waals surface area contributed by atoms with Crippen molar-refractivity contribution in [2.45, 2.75) is 40.0 Å². The quantitative estimate of drug-likeness (QED) is 0.557. The van der Waals surface area contributed by atoms with Crippen LogP contribution in [0.3, 0.4) is 0 Å². The fourth-order valence-electron chi connectivity index (χ4n) is 1.71. The largest absolute Gasteiger partial charge is 0.300 e. The van der Waals surface area contributed by atoms with Gasteiger partial charge in [0.25, 0.3) is 0 Å². The van der Waals surface area contributed by atoms with Crippen LogP contribution >= 0.6 is 0 Å². The van der Waals surface area contributed by atoms with E-state index in [0.717, 1.165) is 19.3 Å². The molecule has 0 radical (unpaired) electrons. The number of rotatable bonds is 6. The van der Waals surface area contributed by atoms with E-state index < -0.39 is 0 Å². The molecule has 0 spiro atoms. The number of carbonyl (C=O) groups excluding carboxylic acids is 1. The van der Waals surface area contributed by atoms with Crippen LogP contribution in [0, 0.1) is 11.8 Å². The summed E-state index contributed by atoms with van der Waals surface area (Å²) in [7, 11) is 0. The van der Waals surface area contributed by atoms with E-state index in [9.17, 15) is 4.79 Å².